The van der Waals surface area contributed by atoms with Crippen molar-refractivity contribution in [3.05, 3.63) is 23.2 Å². The van der Waals surface area contributed by atoms with Crippen LogP contribution in [0.1, 0.15) is 33.1 Å². The monoisotopic (exact) mass is 383 g/mol. The number of hydrazone groups is 1. The molecule has 1 amide bonds. The molecule has 0 bridgehead atoms. The molecule has 0 spiro atoms. The number of hydrogen-bond donors (Lipinski definition) is 0. The Hall–Kier alpha value is -1.60. The first-order valence-corrected chi connectivity index (χ1v) is 10.4. The van der Waals surface area contributed by atoms with Gasteiger partial charge in [-0.1, -0.05) is 25.4 Å². The van der Waals surface area contributed by atoms with Gasteiger partial charge in [-0.05, 0) is 43.4 Å². The minimum Gasteiger partial charge on any atom is -0.337 e. The number of piperidine rings is 1. The predicted molar refractivity (Wildman–Crippen MR) is 98.7 cm³/mol. The average Bonchev–Trinajstić information content (AvgIpc) is 2.57. The van der Waals surface area contributed by atoms with Gasteiger partial charge in [0, 0.05) is 24.7 Å². The highest BCUT2D eigenvalue weighted by molar-refractivity contribution is 8.08. The largest absolute Gasteiger partial charge is 0.337 e. The summed E-state index contributed by atoms with van der Waals surface area (Å²) in [4.78, 5) is 14.6. The third kappa shape index (κ3) is 3.40. The number of benzene rings is 1. The molecule has 0 atom stereocenters. The number of amides is 1. The van der Waals surface area contributed by atoms with Gasteiger partial charge >= 0.3 is 0 Å². The maximum absolute atomic E-state index is 13.0. The Morgan fingerprint density at radius 2 is 2.00 bits per heavy atom. The van der Waals surface area contributed by atoms with E-state index in [0.29, 0.717) is 36.3 Å². The van der Waals surface area contributed by atoms with E-state index in [9.17, 15) is 13.2 Å². The number of hydrogen-bond acceptors (Lipinski definition) is 5. The Morgan fingerprint density at radius 1 is 1.32 bits per heavy atom. The first-order valence-electron chi connectivity index (χ1n) is 8.54. The number of sulfone groups is 1. The average molecular weight is 384 g/mol. The highest BCUT2D eigenvalue weighted by Crippen LogP contribution is 2.34. The second-order valence-electron chi connectivity index (χ2n) is 6.62. The van der Waals surface area contributed by atoms with Crippen LogP contribution >= 0.6 is 11.6 Å². The lowest BCUT2D eigenvalue weighted by Crippen LogP contribution is -2.46. The molecule has 2 aliphatic rings. The van der Waals surface area contributed by atoms with Crippen molar-refractivity contribution in [2.75, 3.05) is 24.6 Å². The molecule has 1 aromatic rings. The van der Waals surface area contributed by atoms with Crippen LogP contribution in [0.25, 0.3) is 0 Å². The SMILES string of the molecule is CCCN1N=C(C(=O)N2CCC(C)CC2)S(=O)(=O)c2ccc(Cl)cc21. The van der Waals surface area contributed by atoms with Crippen molar-refractivity contribution in [1.82, 2.24) is 4.90 Å². The molecule has 0 aliphatic carbocycles. The molecule has 2 heterocycles. The van der Waals surface area contributed by atoms with Gasteiger partial charge < -0.3 is 4.90 Å². The van der Waals surface area contributed by atoms with E-state index in [-0.39, 0.29) is 9.94 Å². The summed E-state index contributed by atoms with van der Waals surface area (Å²) in [5, 5.41) is 5.84. The van der Waals surface area contributed by atoms with Crippen molar-refractivity contribution < 1.29 is 13.2 Å². The number of likely N-dealkylation sites (tertiary alicyclic amines) is 1. The lowest BCUT2D eigenvalue weighted by molar-refractivity contribution is -0.125. The minimum atomic E-state index is -3.95. The molecule has 25 heavy (non-hydrogen) atoms. The number of anilines is 1. The second-order valence-corrected chi connectivity index (χ2v) is 8.89. The molecule has 6 nitrogen and oxygen atoms in total. The highest BCUT2D eigenvalue weighted by atomic mass is 35.5. The van der Waals surface area contributed by atoms with Gasteiger partial charge in [-0.15, -0.1) is 0 Å². The van der Waals surface area contributed by atoms with Crippen LogP contribution < -0.4 is 5.01 Å². The maximum Gasteiger partial charge on any atom is 0.286 e. The highest BCUT2D eigenvalue weighted by Gasteiger charge is 2.39. The fraction of sp³-hybridized carbons (Fsp3) is 0.529. The van der Waals surface area contributed by atoms with E-state index >= 15 is 0 Å². The van der Waals surface area contributed by atoms with Crippen LogP contribution in [0.2, 0.25) is 5.02 Å². The third-order valence-corrected chi connectivity index (χ3v) is 6.57. The fourth-order valence-corrected chi connectivity index (χ4v) is 4.75. The first-order chi connectivity index (χ1) is 11.8. The molecule has 1 saturated heterocycles. The van der Waals surface area contributed by atoms with Gasteiger partial charge in [-0.2, -0.15) is 5.10 Å². The zero-order valence-electron chi connectivity index (χ0n) is 14.4. The van der Waals surface area contributed by atoms with E-state index in [1.807, 2.05) is 6.92 Å². The molecule has 2 aliphatic heterocycles. The van der Waals surface area contributed by atoms with Crippen LogP contribution in [0.3, 0.4) is 0 Å². The van der Waals surface area contributed by atoms with Crippen LogP contribution in [-0.2, 0) is 14.6 Å². The van der Waals surface area contributed by atoms with Gasteiger partial charge in [-0.3, -0.25) is 9.80 Å². The lowest BCUT2D eigenvalue weighted by atomic mass is 9.99. The van der Waals surface area contributed by atoms with Crippen molar-refractivity contribution >= 4 is 38.1 Å². The molecule has 0 radical (unpaired) electrons. The Bertz CT molecular complexity index is 814. The van der Waals surface area contributed by atoms with E-state index in [2.05, 4.69) is 12.0 Å². The number of fused-ring (bicyclic) bond motifs is 1. The Balaban J connectivity index is 2.01. The van der Waals surface area contributed by atoms with E-state index in [4.69, 9.17) is 11.6 Å². The van der Waals surface area contributed by atoms with Crippen LogP contribution in [0.15, 0.2) is 28.2 Å². The van der Waals surface area contributed by atoms with Crippen molar-refractivity contribution in [1.29, 1.82) is 0 Å². The second kappa shape index (κ2) is 6.96. The summed E-state index contributed by atoms with van der Waals surface area (Å²) >= 11 is 6.02. The third-order valence-electron chi connectivity index (χ3n) is 4.64. The summed E-state index contributed by atoms with van der Waals surface area (Å²) in [7, 11) is -3.95. The molecule has 136 valence electrons. The summed E-state index contributed by atoms with van der Waals surface area (Å²) in [5.74, 6) is 0.0435. The van der Waals surface area contributed by atoms with E-state index in [1.165, 1.54) is 12.1 Å². The zero-order chi connectivity index (χ0) is 18.2. The summed E-state index contributed by atoms with van der Waals surface area (Å²) < 4.78 is 25.9. The van der Waals surface area contributed by atoms with Gasteiger partial charge in [-0.25, -0.2) is 8.42 Å². The fourth-order valence-electron chi connectivity index (χ4n) is 3.13. The predicted octanol–water partition coefficient (Wildman–Crippen LogP) is 2.92. The standard InChI is InChI=1S/C17H22ClN3O3S/c1-3-8-21-14-11-13(18)4-5-15(14)25(23,24)16(19-21)17(22)20-9-6-12(2)7-10-20/h4-5,11-12H,3,6-10H2,1-2H3. The molecule has 0 saturated carbocycles. The number of rotatable bonds is 3. The zero-order valence-corrected chi connectivity index (χ0v) is 16.0. The summed E-state index contributed by atoms with van der Waals surface area (Å²) in [5.41, 5.74) is 0.429. The molecule has 8 heteroatoms. The Labute approximate surface area is 153 Å². The Kier molecular flexibility index (Phi) is 5.06. The van der Waals surface area contributed by atoms with Crippen LogP contribution in [0.5, 0.6) is 0 Å². The molecular weight excluding hydrogens is 362 g/mol. The number of carbonyl (C=O) groups is 1. The normalized spacial score (nSPS) is 20.2. The van der Waals surface area contributed by atoms with Gasteiger partial charge in [0.15, 0.2) is 0 Å². The molecular formula is C17H22ClN3O3S. The Morgan fingerprint density at radius 3 is 2.64 bits per heavy atom. The van der Waals surface area contributed by atoms with Gasteiger partial charge in [0.1, 0.15) is 0 Å². The van der Waals surface area contributed by atoms with E-state index < -0.39 is 15.7 Å². The smallest absolute Gasteiger partial charge is 0.286 e. The van der Waals surface area contributed by atoms with Crippen LogP contribution in [0, 0.1) is 5.92 Å². The van der Waals surface area contributed by atoms with Crippen molar-refractivity contribution in [3.8, 4) is 0 Å². The molecule has 1 aromatic carbocycles. The van der Waals surface area contributed by atoms with Crippen LogP contribution in [-0.4, -0.2) is 43.9 Å². The quantitative estimate of drug-likeness (QED) is 0.804. The number of carbonyl (C=O) groups excluding carboxylic acids is 1. The van der Waals surface area contributed by atoms with Crippen molar-refractivity contribution in [3.63, 3.8) is 0 Å². The number of halogens is 1. The van der Waals surface area contributed by atoms with E-state index in [0.717, 1.165) is 19.3 Å². The molecule has 0 unspecified atom stereocenters. The maximum atomic E-state index is 13.0. The van der Waals surface area contributed by atoms with Gasteiger partial charge in [0.2, 0.25) is 14.9 Å². The van der Waals surface area contributed by atoms with Gasteiger partial charge in [0.25, 0.3) is 5.91 Å². The summed E-state index contributed by atoms with van der Waals surface area (Å²) in [6.45, 7) is 5.75. The van der Waals surface area contributed by atoms with Crippen LogP contribution in [0.4, 0.5) is 5.69 Å². The van der Waals surface area contributed by atoms with Crippen molar-refractivity contribution in [2.24, 2.45) is 11.0 Å². The molecule has 3 rings (SSSR count). The molecule has 0 aromatic heterocycles. The van der Waals surface area contributed by atoms with Crippen molar-refractivity contribution in [2.45, 2.75) is 38.0 Å². The first kappa shape index (κ1) is 18.2. The van der Waals surface area contributed by atoms with Gasteiger partial charge in [0.05, 0.1) is 10.6 Å². The number of nitrogens with zero attached hydrogens (tertiary/aromatic N) is 3. The molecule has 1 fully saturated rings. The summed E-state index contributed by atoms with van der Waals surface area (Å²) in [6, 6.07) is 4.56. The summed E-state index contributed by atoms with van der Waals surface area (Å²) in [6.07, 6.45) is 2.52. The van der Waals surface area contributed by atoms with E-state index in [1.54, 1.807) is 16.0 Å². The molecule has 0 N–H and O–H groups in total. The lowest BCUT2D eigenvalue weighted by Gasteiger charge is -2.32. The minimum absolute atomic E-state index is 0.0917. The topological polar surface area (TPSA) is 70.1 Å².